The van der Waals surface area contributed by atoms with E-state index in [1.165, 1.54) is 0 Å². The Morgan fingerprint density at radius 3 is 2.95 bits per heavy atom. The molecule has 20 heavy (non-hydrogen) atoms. The molecule has 0 aliphatic heterocycles. The van der Waals surface area contributed by atoms with E-state index >= 15 is 0 Å². The molecule has 0 radical (unpaired) electrons. The fraction of sp³-hybridized carbons (Fsp3) is 0.667. The fourth-order valence-corrected chi connectivity index (χ4v) is 2.56. The summed E-state index contributed by atoms with van der Waals surface area (Å²) in [5.41, 5.74) is 6.40. The van der Waals surface area contributed by atoms with Crippen LogP contribution >= 0.6 is 0 Å². The minimum atomic E-state index is -0.144. The van der Waals surface area contributed by atoms with Crippen molar-refractivity contribution in [2.75, 3.05) is 17.6 Å². The van der Waals surface area contributed by atoms with E-state index in [4.69, 9.17) is 10.5 Å². The summed E-state index contributed by atoms with van der Waals surface area (Å²) in [7, 11) is 0. The lowest BCUT2D eigenvalue weighted by molar-refractivity contribution is 0.104. The van der Waals surface area contributed by atoms with E-state index in [2.05, 4.69) is 10.3 Å². The Labute approximate surface area is 120 Å². The van der Waals surface area contributed by atoms with E-state index in [9.17, 15) is 5.11 Å². The quantitative estimate of drug-likeness (QED) is 0.771. The Balaban J connectivity index is 1.92. The molecule has 2 rings (SSSR count). The second-order valence-electron chi connectivity index (χ2n) is 5.82. The van der Waals surface area contributed by atoms with Gasteiger partial charge in [-0.1, -0.05) is 6.42 Å². The summed E-state index contributed by atoms with van der Waals surface area (Å²) in [6.45, 7) is 4.73. The molecule has 5 heteroatoms. The fourth-order valence-electron chi connectivity index (χ4n) is 2.56. The molecule has 112 valence electrons. The topological polar surface area (TPSA) is 80.4 Å². The van der Waals surface area contributed by atoms with Crippen molar-refractivity contribution < 1.29 is 9.84 Å². The van der Waals surface area contributed by atoms with Crippen LogP contribution in [0.25, 0.3) is 0 Å². The number of nitrogen functional groups attached to an aromatic ring is 1. The van der Waals surface area contributed by atoms with Crippen LogP contribution in [-0.2, 0) is 0 Å². The SMILES string of the molecule is CC(C)Oc1nc(NCC2CCCC(O)C2)ccc1N. The molecule has 1 heterocycles. The highest BCUT2D eigenvalue weighted by Crippen LogP contribution is 2.26. The molecule has 2 atom stereocenters. The summed E-state index contributed by atoms with van der Waals surface area (Å²) in [6, 6.07) is 3.67. The first kappa shape index (κ1) is 14.9. The van der Waals surface area contributed by atoms with E-state index in [1.54, 1.807) is 0 Å². The lowest BCUT2D eigenvalue weighted by Gasteiger charge is -2.26. The van der Waals surface area contributed by atoms with Gasteiger partial charge in [-0.15, -0.1) is 0 Å². The molecular weight excluding hydrogens is 254 g/mol. The molecule has 0 bridgehead atoms. The zero-order valence-electron chi connectivity index (χ0n) is 12.3. The van der Waals surface area contributed by atoms with Crippen molar-refractivity contribution in [1.82, 2.24) is 4.98 Å². The molecule has 0 amide bonds. The highest BCUT2D eigenvalue weighted by molar-refractivity contribution is 5.53. The van der Waals surface area contributed by atoms with Crippen LogP contribution in [0.3, 0.4) is 0 Å². The van der Waals surface area contributed by atoms with Crippen molar-refractivity contribution in [3.05, 3.63) is 12.1 Å². The normalized spacial score (nSPS) is 22.8. The molecular formula is C15H25N3O2. The van der Waals surface area contributed by atoms with Gasteiger partial charge in [0.15, 0.2) is 0 Å². The van der Waals surface area contributed by atoms with Crippen LogP contribution in [0.4, 0.5) is 11.5 Å². The minimum absolute atomic E-state index is 0.0496. The van der Waals surface area contributed by atoms with Gasteiger partial charge in [-0.25, -0.2) is 0 Å². The summed E-state index contributed by atoms with van der Waals surface area (Å²) < 4.78 is 5.58. The predicted molar refractivity (Wildman–Crippen MR) is 80.9 cm³/mol. The van der Waals surface area contributed by atoms with Crippen molar-refractivity contribution >= 4 is 11.5 Å². The summed E-state index contributed by atoms with van der Waals surface area (Å²) in [4.78, 5) is 4.40. The second kappa shape index (κ2) is 6.79. The van der Waals surface area contributed by atoms with E-state index in [0.29, 0.717) is 17.5 Å². The number of aliphatic hydroxyl groups excluding tert-OH is 1. The van der Waals surface area contributed by atoms with Gasteiger partial charge < -0.3 is 20.9 Å². The molecule has 0 spiro atoms. The Hall–Kier alpha value is -1.49. The first-order chi connectivity index (χ1) is 9.54. The first-order valence-electron chi connectivity index (χ1n) is 7.39. The highest BCUT2D eigenvalue weighted by Gasteiger charge is 2.20. The van der Waals surface area contributed by atoms with Gasteiger partial charge >= 0.3 is 0 Å². The summed E-state index contributed by atoms with van der Waals surface area (Å²) in [6.07, 6.45) is 3.97. The number of hydrogen-bond donors (Lipinski definition) is 3. The molecule has 1 fully saturated rings. The Morgan fingerprint density at radius 2 is 2.25 bits per heavy atom. The van der Waals surface area contributed by atoms with Gasteiger partial charge in [0, 0.05) is 6.54 Å². The molecule has 1 aromatic heterocycles. The Bertz CT molecular complexity index is 437. The van der Waals surface area contributed by atoms with Gasteiger partial charge in [0.1, 0.15) is 5.82 Å². The first-order valence-corrected chi connectivity index (χ1v) is 7.39. The molecule has 1 aliphatic rings. The standard InChI is InChI=1S/C15H25N3O2/c1-10(2)20-15-13(16)6-7-14(18-15)17-9-11-4-3-5-12(19)8-11/h6-7,10-12,19H,3-5,8-9,16H2,1-2H3,(H,17,18). The number of ether oxygens (including phenoxy) is 1. The maximum Gasteiger partial charge on any atom is 0.239 e. The number of aromatic nitrogens is 1. The van der Waals surface area contributed by atoms with Crippen LogP contribution in [0.5, 0.6) is 5.88 Å². The van der Waals surface area contributed by atoms with Crippen LogP contribution in [0, 0.1) is 5.92 Å². The predicted octanol–water partition coefficient (Wildman–Crippen LogP) is 2.41. The van der Waals surface area contributed by atoms with Gasteiger partial charge in [-0.2, -0.15) is 4.98 Å². The Kier molecular flexibility index (Phi) is 5.06. The lowest BCUT2D eigenvalue weighted by atomic mass is 9.87. The zero-order valence-corrected chi connectivity index (χ0v) is 12.3. The maximum absolute atomic E-state index is 9.68. The third-order valence-electron chi connectivity index (χ3n) is 3.56. The molecule has 0 saturated heterocycles. The van der Waals surface area contributed by atoms with Gasteiger partial charge in [0.25, 0.3) is 0 Å². The third-order valence-corrected chi connectivity index (χ3v) is 3.56. The maximum atomic E-state index is 9.68. The van der Waals surface area contributed by atoms with Crippen molar-refractivity contribution in [2.45, 2.75) is 51.7 Å². The second-order valence-corrected chi connectivity index (χ2v) is 5.82. The van der Waals surface area contributed by atoms with Crippen molar-refractivity contribution in [1.29, 1.82) is 0 Å². The van der Waals surface area contributed by atoms with E-state index in [1.807, 2.05) is 26.0 Å². The van der Waals surface area contributed by atoms with Crippen LogP contribution in [-0.4, -0.2) is 28.8 Å². The van der Waals surface area contributed by atoms with Crippen LogP contribution in [0.2, 0.25) is 0 Å². The molecule has 0 aromatic carbocycles. The number of hydrogen-bond acceptors (Lipinski definition) is 5. The number of nitrogens with two attached hydrogens (primary N) is 1. The van der Waals surface area contributed by atoms with Crippen molar-refractivity contribution in [2.24, 2.45) is 5.92 Å². The summed E-state index contributed by atoms with van der Waals surface area (Å²) >= 11 is 0. The van der Waals surface area contributed by atoms with Gasteiger partial charge in [-0.3, -0.25) is 0 Å². The van der Waals surface area contributed by atoms with E-state index in [0.717, 1.165) is 38.0 Å². The average molecular weight is 279 g/mol. The number of pyridine rings is 1. The Morgan fingerprint density at radius 1 is 1.45 bits per heavy atom. The van der Waals surface area contributed by atoms with Gasteiger partial charge in [0.2, 0.25) is 5.88 Å². The monoisotopic (exact) mass is 279 g/mol. The average Bonchev–Trinajstić information content (AvgIpc) is 2.39. The molecule has 4 N–H and O–H groups in total. The number of rotatable bonds is 5. The van der Waals surface area contributed by atoms with Gasteiger partial charge in [-0.05, 0) is 51.2 Å². The molecule has 1 aliphatic carbocycles. The highest BCUT2D eigenvalue weighted by atomic mass is 16.5. The molecule has 5 nitrogen and oxygen atoms in total. The third kappa shape index (κ3) is 4.27. The van der Waals surface area contributed by atoms with Crippen LogP contribution in [0.1, 0.15) is 39.5 Å². The number of aliphatic hydroxyl groups is 1. The molecule has 1 aromatic rings. The van der Waals surface area contributed by atoms with Gasteiger partial charge in [0.05, 0.1) is 17.9 Å². The smallest absolute Gasteiger partial charge is 0.239 e. The number of nitrogens with one attached hydrogen (secondary N) is 1. The molecule has 1 saturated carbocycles. The van der Waals surface area contributed by atoms with E-state index < -0.39 is 0 Å². The molecule has 2 unspecified atom stereocenters. The van der Waals surface area contributed by atoms with Crippen molar-refractivity contribution in [3.8, 4) is 5.88 Å². The number of nitrogens with zero attached hydrogens (tertiary/aromatic N) is 1. The van der Waals surface area contributed by atoms with Crippen LogP contribution in [0.15, 0.2) is 12.1 Å². The summed E-state index contributed by atoms with van der Waals surface area (Å²) in [5.74, 6) is 1.76. The summed E-state index contributed by atoms with van der Waals surface area (Å²) in [5, 5.41) is 13.0. The number of anilines is 2. The zero-order chi connectivity index (χ0) is 14.5. The minimum Gasteiger partial charge on any atom is -0.473 e. The van der Waals surface area contributed by atoms with Crippen LogP contribution < -0.4 is 15.8 Å². The lowest BCUT2D eigenvalue weighted by Crippen LogP contribution is -2.25. The van der Waals surface area contributed by atoms with E-state index in [-0.39, 0.29) is 12.2 Å². The van der Waals surface area contributed by atoms with Crippen molar-refractivity contribution in [3.63, 3.8) is 0 Å². The largest absolute Gasteiger partial charge is 0.473 e.